The Kier molecular flexibility index (Phi) is 5.46. The molecule has 2 aliphatic heterocycles. The Morgan fingerprint density at radius 3 is 2.65 bits per heavy atom. The van der Waals surface area contributed by atoms with Crippen molar-refractivity contribution in [2.75, 3.05) is 19.6 Å². The normalized spacial score (nSPS) is 23.6. The summed E-state index contributed by atoms with van der Waals surface area (Å²) in [6.07, 6.45) is 7.93. The number of rotatable bonds is 2. The van der Waals surface area contributed by atoms with E-state index in [9.17, 15) is 4.79 Å². The second kappa shape index (κ2) is 6.91. The topological polar surface area (TPSA) is 50.2 Å². The third-order valence-electron chi connectivity index (χ3n) is 4.08. The SMILES string of the molecule is Cl.O=C(C1CCCN1)N1CCC(n2cc(Br)cn2)CC1. The van der Waals surface area contributed by atoms with E-state index >= 15 is 0 Å². The molecule has 0 spiro atoms. The van der Waals surface area contributed by atoms with Crippen molar-refractivity contribution in [3.63, 3.8) is 0 Å². The largest absolute Gasteiger partial charge is 0.341 e. The second-order valence-electron chi connectivity index (χ2n) is 5.34. The van der Waals surface area contributed by atoms with E-state index in [1.54, 1.807) is 0 Å². The maximum Gasteiger partial charge on any atom is 0.239 e. The van der Waals surface area contributed by atoms with Gasteiger partial charge in [0.2, 0.25) is 5.91 Å². The summed E-state index contributed by atoms with van der Waals surface area (Å²) < 4.78 is 3.03. The summed E-state index contributed by atoms with van der Waals surface area (Å²) in [5.41, 5.74) is 0. The van der Waals surface area contributed by atoms with Gasteiger partial charge in [-0.1, -0.05) is 0 Å². The zero-order valence-electron chi connectivity index (χ0n) is 11.3. The van der Waals surface area contributed by atoms with Gasteiger partial charge in [0.25, 0.3) is 0 Å². The van der Waals surface area contributed by atoms with Gasteiger partial charge >= 0.3 is 0 Å². The van der Waals surface area contributed by atoms with E-state index in [1.165, 1.54) is 0 Å². The van der Waals surface area contributed by atoms with Crippen molar-refractivity contribution < 1.29 is 4.79 Å². The smallest absolute Gasteiger partial charge is 0.239 e. The lowest BCUT2D eigenvalue weighted by Gasteiger charge is -2.33. The lowest BCUT2D eigenvalue weighted by atomic mass is 10.0. The number of likely N-dealkylation sites (tertiary alicyclic amines) is 1. The zero-order valence-corrected chi connectivity index (χ0v) is 13.7. The molecule has 0 bridgehead atoms. The van der Waals surface area contributed by atoms with Crippen LogP contribution in [0.4, 0.5) is 0 Å². The quantitative estimate of drug-likeness (QED) is 0.874. The highest BCUT2D eigenvalue weighted by molar-refractivity contribution is 9.10. The van der Waals surface area contributed by atoms with Crippen LogP contribution in [-0.2, 0) is 4.79 Å². The van der Waals surface area contributed by atoms with Crippen molar-refractivity contribution in [2.24, 2.45) is 0 Å². The van der Waals surface area contributed by atoms with E-state index in [0.717, 1.165) is 49.8 Å². The number of carbonyl (C=O) groups is 1. The highest BCUT2D eigenvalue weighted by Gasteiger charge is 2.30. The molecule has 1 aromatic heterocycles. The molecule has 0 aromatic carbocycles. The summed E-state index contributed by atoms with van der Waals surface area (Å²) in [4.78, 5) is 14.3. The third-order valence-corrected chi connectivity index (χ3v) is 4.49. The molecule has 3 rings (SSSR count). The molecule has 1 aromatic rings. The van der Waals surface area contributed by atoms with Crippen molar-refractivity contribution in [1.29, 1.82) is 0 Å². The van der Waals surface area contributed by atoms with E-state index in [2.05, 4.69) is 26.3 Å². The Labute approximate surface area is 133 Å². The van der Waals surface area contributed by atoms with Gasteiger partial charge in [-0.3, -0.25) is 9.48 Å². The van der Waals surface area contributed by atoms with Gasteiger partial charge in [-0.15, -0.1) is 12.4 Å². The lowest BCUT2D eigenvalue weighted by molar-refractivity contribution is -0.134. The highest BCUT2D eigenvalue weighted by Crippen LogP contribution is 2.24. The summed E-state index contributed by atoms with van der Waals surface area (Å²) >= 11 is 3.42. The van der Waals surface area contributed by atoms with E-state index in [4.69, 9.17) is 0 Å². The fraction of sp³-hybridized carbons (Fsp3) is 0.692. The van der Waals surface area contributed by atoms with Crippen LogP contribution in [0.2, 0.25) is 0 Å². The first-order valence-electron chi connectivity index (χ1n) is 6.96. The minimum Gasteiger partial charge on any atom is -0.341 e. The van der Waals surface area contributed by atoms with Gasteiger partial charge in [-0.25, -0.2) is 0 Å². The average molecular weight is 364 g/mol. The molecule has 0 radical (unpaired) electrons. The van der Waals surface area contributed by atoms with Crippen molar-refractivity contribution in [3.05, 3.63) is 16.9 Å². The number of hydrogen-bond acceptors (Lipinski definition) is 3. The first-order chi connectivity index (χ1) is 9.24. The van der Waals surface area contributed by atoms with Gasteiger partial charge in [-0.2, -0.15) is 5.10 Å². The van der Waals surface area contributed by atoms with Crippen LogP contribution in [0, 0.1) is 0 Å². The molecule has 112 valence electrons. The number of nitrogens with one attached hydrogen (secondary N) is 1. The molecule has 1 unspecified atom stereocenters. The Morgan fingerprint density at radius 2 is 2.10 bits per heavy atom. The summed E-state index contributed by atoms with van der Waals surface area (Å²) in [5.74, 6) is 0.289. The number of halogens is 2. The van der Waals surface area contributed by atoms with Crippen LogP contribution in [0.15, 0.2) is 16.9 Å². The van der Waals surface area contributed by atoms with E-state index in [1.807, 2.05) is 22.0 Å². The van der Waals surface area contributed by atoms with Gasteiger partial charge in [-0.05, 0) is 48.2 Å². The monoisotopic (exact) mass is 362 g/mol. The summed E-state index contributed by atoms with van der Waals surface area (Å²) in [6.45, 7) is 2.67. The van der Waals surface area contributed by atoms with Crippen LogP contribution in [0.1, 0.15) is 31.7 Å². The number of amides is 1. The van der Waals surface area contributed by atoms with Crippen LogP contribution >= 0.6 is 28.3 Å². The number of piperidine rings is 1. The summed E-state index contributed by atoms with van der Waals surface area (Å²) in [6, 6.07) is 0.488. The highest BCUT2D eigenvalue weighted by atomic mass is 79.9. The summed E-state index contributed by atoms with van der Waals surface area (Å²) in [5, 5.41) is 7.63. The molecule has 0 aliphatic carbocycles. The van der Waals surface area contributed by atoms with Crippen molar-refractivity contribution in [1.82, 2.24) is 20.0 Å². The van der Waals surface area contributed by atoms with Crippen molar-refractivity contribution >= 4 is 34.2 Å². The molecule has 1 amide bonds. The Bertz CT molecular complexity index is 453. The molecule has 7 heteroatoms. The van der Waals surface area contributed by atoms with E-state index < -0.39 is 0 Å². The van der Waals surface area contributed by atoms with Crippen LogP contribution in [0.3, 0.4) is 0 Å². The van der Waals surface area contributed by atoms with Crippen LogP contribution in [0.25, 0.3) is 0 Å². The zero-order chi connectivity index (χ0) is 13.2. The van der Waals surface area contributed by atoms with Crippen molar-refractivity contribution in [3.8, 4) is 0 Å². The maximum absolute atomic E-state index is 12.3. The number of aromatic nitrogens is 2. The first-order valence-corrected chi connectivity index (χ1v) is 7.75. The second-order valence-corrected chi connectivity index (χ2v) is 6.26. The molecular weight excluding hydrogens is 344 g/mol. The minimum atomic E-state index is 0. The van der Waals surface area contributed by atoms with E-state index in [0.29, 0.717) is 6.04 Å². The average Bonchev–Trinajstić information content (AvgIpc) is 3.09. The molecule has 5 nitrogen and oxygen atoms in total. The maximum atomic E-state index is 12.3. The van der Waals surface area contributed by atoms with Crippen LogP contribution < -0.4 is 5.32 Å². The molecule has 3 heterocycles. The molecule has 2 aliphatic rings. The number of hydrogen-bond donors (Lipinski definition) is 1. The van der Waals surface area contributed by atoms with Crippen molar-refractivity contribution in [2.45, 2.75) is 37.8 Å². The molecule has 1 atom stereocenters. The number of carbonyl (C=O) groups excluding carboxylic acids is 1. The predicted molar refractivity (Wildman–Crippen MR) is 83.1 cm³/mol. The fourth-order valence-electron chi connectivity index (χ4n) is 2.98. The van der Waals surface area contributed by atoms with Gasteiger partial charge in [0.15, 0.2) is 0 Å². The Morgan fingerprint density at radius 1 is 1.35 bits per heavy atom. The number of nitrogens with zero attached hydrogens (tertiary/aromatic N) is 3. The predicted octanol–water partition coefficient (Wildman–Crippen LogP) is 1.98. The van der Waals surface area contributed by atoms with Gasteiger partial charge in [0.1, 0.15) is 0 Å². The first kappa shape index (κ1) is 15.8. The molecular formula is C13H20BrClN4O. The molecule has 0 saturated carbocycles. The standard InChI is InChI=1S/C13H19BrN4O.ClH/c14-10-8-16-18(9-10)11-3-6-17(7-4-11)13(19)12-2-1-5-15-12;/h8-9,11-12,15H,1-7H2;1H. The van der Waals surface area contributed by atoms with E-state index in [-0.39, 0.29) is 24.4 Å². The van der Waals surface area contributed by atoms with Gasteiger partial charge < -0.3 is 10.2 Å². The Hall–Kier alpha value is -0.590. The molecule has 2 saturated heterocycles. The van der Waals surface area contributed by atoms with Gasteiger partial charge in [0.05, 0.1) is 22.8 Å². The van der Waals surface area contributed by atoms with Crippen LogP contribution in [0.5, 0.6) is 0 Å². The molecule has 1 N–H and O–H groups in total. The summed E-state index contributed by atoms with van der Waals surface area (Å²) in [7, 11) is 0. The third kappa shape index (κ3) is 3.35. The minimum absolute atomic E-state index is 0. The Balaban J connectivity index is 0.00000147. The fourth-order valence-corrected chi connectivity index (χ4v) is 3.28. The van der Waals surface area contributed by atoms with Crippen LogP contribution in [-0.4, -0.2) is 46.3 Å². The molecule has 20 heavy (non-hydrogen) atoms. The lowest BCUT2D eigenvalue weighted by Crippen LogP contribution is -2.47. The molecule has 2 fully saturated rings. The van der Waals surface area contributed by atoms with Gasteiger partial charge in [0, 0.05) is 19.3 Å².